The minimum atomic E-state index is -0.186. The number of benzene rings is 2. The fraction of sp³-hybridized carbons (Fsp3) is 0.133. The Morgan fingerprint density at radius 1 is 1.21 bits per heavy atom. The quantitative estimate of drug-likeness (QED) is 0.819. The molecule has 4 heteroatoms. The van der Waals surface area contributed by atoms with Gasteiger partial charge in [0.05, 0.1) is 10.7 Å². The zero-order chi connectivity index (χ0) is 14.0. The number of rotatable bonds is 2. The highest BCUT2D eigenvalue weighted by Crippen LogP contribution is 2.25. The highest BCUT2D eigenvalue weighted by atomic mass is 35.5. The van der Waals surface area contributed by atoms with Crippen molar-refractivity contribution in [1.82, 2.24) is 0 Å². The van der Waals surface area contributed by atoms with Gasteiger partial charge in [0.2, 0.25) is 0 Å². The van der Waals surface area contributed by atoms with E-state index in [1.54, 1.807) is 24.3 Å². The maximum absolute atomic E-state index is 12.2. The molecule has 0 heterocycles. The number of nitrogens with two attached hydrogens (primary N) is 1. The Balaban J connectivity index is 2.31. The molecule has 0 saturated heterocycles. The molecule has 0 aliphatic heterocycles. The number of halogens is 1. The molecule has 19 heavy (non-hydrogen) atoms. The van der Waals surface area contributed by atoms with E-state index in [2.05, 4.69) is 5.32 Å². The van der Waals surface area contributed by atoms with Crippen molar-refractivity contribution < 1.29 is 4.79 Å². The predicted octanol–water partition coefficient (Wildman–Crippen LogP) is 3.79. The maximum Gasteiger partial charge on any atom is 0.255 e. The molecular formula is C15H15ClN2O. The molecule has 3 nitrogen and oxygen atoms in total. The third-order valence-corrected chi connectivity index (χ3v) is 3.42. The fourth-order valence-electron chi connectivity index (χ4n) is 1.83. The second-order valence-corrected chi connectivity index (χ2v) is 4.85. The van der Waals surface area contributed by atoms with Crippen LogP contribution in [0.4, 0.5) is 11.4 Å². The summed E-state index contributed by atoms with van der Waals surface area (Å²) in [5.41, 5.74) is 9.43. The van der Waals surface area contributed by atoms with E-state index in [1.165, 1.54) is 0 Å². The number of hydrogen-bond donors (Lipinski definition) is 2. The molecule has 0 spiro atoms. The third-order valence-electron chi connectivity index (χ3n) is 3.09. The molecule has 1 amide bonds. The van der Waals surface area contributed by atoms with Gasteiger partial charge in [-0.3, -0.25) is 4.79 Å². The summed E-state index contributed by atoms with van der Waals surface area (Å²) in [6, 6.07) is 10.6. The predicted molar refractivity (Wildman–Crippen MR) is 79.7 cm³/mol. The van der Waals surface area contributed by atoms with Crippen LogP contribution < -0.4 is 11.1 Å². The molecule has 0 atom stereocenters. The Hall–Kier alpha value is -2.00. The highest BCUT2D eigenvalue weighted by Gasteiger charge is 2.12. The molecule has 2 rings (SSSR count). The van der Waals surface area contributed by atoms with Gasteiger partial charge in [-0.15, -0.1) is 0 Å². The summed E-state index contributed by atoms with van der Waals surface area (Å²) in [6.07, 6.45) is 0. The number of nitrogens with one attached hydrogen (secondary N) is 1. The van der Waals surface area contributed by atoms with Crippen LogP contribution in [0, 0.1) is 13.8 Å². The van der Waals surface area contributed by atoms with E-state index in [0.29, 0.717) is 22.0 Å². The highest BCUT2D eigenvalue weighted by molar-refractivity contribution is 6.34. The molecular weight excluding hydrogens is 260 g/mol. The standard InChI is InChI=1S/C15H15ClN2O/c1-9-4-3-5-12(10(9)2)15(19)18-14-8-11(17)6-7-13(14)16/h3-8H,17H2,1-2H3,(H,18,19). The Morgan fingerprint density at radius 2 is 1.95 bits per heavy atom. The number of aryl methyl sites for hydroxylation is 1. The van der Waals surface area contributed by atoms with E-state index in [1.807, 2.05) is 26.0 Å². The molecule has 2 aromatic carbocycles. The van der Waals surface area contributed by atoms with Gasteiger partial charge in [0.1, 0.15) is 0 Å². The largest absolute Gasteiger partial charge is 0.399 e. The molecule has 0 aliphatic rings. The average molecular weight is 275 g/mol. The van der Waals surface area contributed by atoms with Gasteiger partial charge in [-0.05, 0) is 49.2 Å². The summed E-state index contributed by atoms with van der Waals surface area (Å²) in [5.74, 6) is -0.186. The van der Waals surface area contributed by atoms with Crippen molar-refractivity contribution in [2.75, 3.05) is 11.1 Å². The summed E-state index contributed by atoms with van der Waals surface area (Å²) in [6.45, 7) is 3.89. The zero-order valence-corrected chi connectivity index (χ0v) is 11.6. The summed E-state index contributed by atoms with van der Waals surface area (Å²) in [5, 5.41) is 3.25. The van der Waals surface area contributed by atoms with Crippen molar-refractivity contribution in [3.8, 4) is 0 Å². The van der Waals surface area contributed by atoms with Gasteiger partial charge in [0.25, 0.3) is 5.91 Å². The number of nitrogen functional groups attached to an aromatic ring is 1. The fourth-order valence-corrected chi connectivity index (χ4v) is 1.99. The Morgan fingerprint density at radius 3 is 2.68 bits per heavy atom. The second kappa shape index (κ2) is 5.33. The Bertz CT molecular complexity index is 638. The average Bonchev–Trinajstić information content (AvgIpc) is 2.37. The minimum Gasteiger partial charge on any atom is -0.399 e. The third kappa shape index (κ3) is 2.88. The van der Waals surface area contributed by atoms with Crippen LogP contribution in [0.2, 0.25) is 5.02 Å². The van der Waals surface area contributed by atoms with Crippen LogP contribution in [-0.2, 0) is 0 Å². The van der Waals surface area contributed by atoms with E-state index in [-0.39, 0.29) is 5.91 Å². The lowest BCUT2D eigenvalue weighted by Gasteiger charge is -2.11. The van der Waals surface area contributed by atoms with Crippen LogP contribution in [-0.4, -0.2) is 5.91 Å². The Kier molecular flexibility index (Phi) is 3.76. The molecule has 3 N–H and O–H groups in total. The number of hydrogen-bond acceptors (Lipinski definition) is 2. The van der Waals surface area contributed by atoms with Crippen LogP contribution in [0.3, 0.4) is 0 Å². The molecule has 0 unspecified atom stereocenters. The second-order valence-electron chi connectivity index (χ2n) is 4.44. The minimum absolute atomic E-state index is 0.186. The lowest BCUT2D eigenvalue weighted by molar-refractivity contribution is 0.102. The van der Waals surface area contributed by atoms with E-state index in [4.69, 9.17) is 17.3 Å². The van der Waals surface area contributed by atoms with Crippen LogP contribution in [0.15, 0.2) is 36.4 Å². The molecule has 0 saturated carbocycles. The molecule has 0 fully saturated rings. The summed E-state index contributed by atoms with van der Waals surface area (Å²) >= 11 is 6.03. The van der Waals surface area contributed by atoms with Crippen molar-refractivity contribution in [1.29, 1.82) is 0 Å². The SMILES string of the molecule is Cc1cccc(C(=O)Nc2cc(N)ccc2Cl)c1C. The molecule has 2 aromatic rings. The number of amides is 1. The zero-order valence-electron chi connectivity index (χ0n) is 10.8. The first-order valence-electron chi connectivity index (χ1n) is 5.91. The summed E-state index contributed by atoms with van der Waals surface area (Å²) in [7, 11) is 0. The van der Waals surface area contributed by atoms with E-state index < -0.39 is 0 Å². The van der Waals surface area contributed by atoms with Crippen LogP contribution >= 0.6 is 11.6 Å². The molecule has 0 bridgehead atoms. The van der Waals surface area contributed by atoms with Crippen molar-refractivity contribution in [2.24, 2.45) is 0 Å². The van der Waals surface area contributed by atoms with Gasteiger partial charge >= 0.3 is 0 Å². The molecule has 0 aliphatic carbocycles. The van der Waals surface area contributed by atoms with E-state index in [0.717, 1.165) is 11.1 Å². The topological polar surface area (TPSA) is 55.1 Å². The van der Waals surface area contributed by atoms with Gasteiger partial charge in [-0.2, -0.15) is 0 Å². The van der Waals surface area contributed by atoms with Crippen molar-refractivity contribution >= 4 is 28.9 Å². The van der Waals surface area contributed by atoms with Gasteiger partial charge in [-0.1, -0.05) is 23.7 Å². The van der Waals surface area contributed by atoms with Gasteiger partial charge < -0.3 is 11.1 Å². The first-order chi connectivity index (χ1) is 8.99. The summed E-state index contributed by atoms with van der Waals surface area (Å²) in [4.78, 5) is 12.2. The van der Waals surface area contributed by atoms with Crippen molar-refractivity contribution in [3.63, 3.8) is 0 Å². The van der Waals surface area contributed by atoms with Gasteiger partial charge in [-0.25, -0.2) is 0 Å². The van der Waals surface area contributed by atoms with Crippen molar-refractivity contribution in [2.45, 2.75) is 13.8 Å². The normalized spacial score (nSPS) is 10.3. The van der Waals surface area contributed by atoms with Crippen LogP contribution in [0.25, 0.3) is 0 Å². The number of carbonyl (C=O) groups excluding carboxylic acids is 1. The van der Waals surface area contributed by atoms with Gasteiger partial charge in [0, 0.05) is 11.3 Å². The maximum atomic E-state index is 12.2. The van der Waals surface area contributed by atoms with E-state index >= 15 is 0 Å². The lowest BCUT2D eigenvalue weighted by Crippen LogP contribution is -2.14. The van der Waals surface area contributed by atoms with E-state index in [9.17, 15) is 4.79 Å². The van der Waals surface area contributed by atoms with Crippen LogP contribution in [0.1, 0.15) is 21.5 Å². The monoisotopic (exact) mass is 274 g/mol. The first-order valence-corrected chi connectivity index (χ1v) is 6.29. The number of carbonyl (C=O) groups is 1. The van der Waals surface area contributed by atoms with Crippen LogP contribution in [0.5, 0.6) is 0 Å². The lowest BCUT2D eigenvalue weighted by atomic mass is 10.0. The molecule has 98 valence electrons. The van der Waals surface area contributed by atoms with Crippen molar-refractivity contribution in [3.05, 3.63) is 58.1 Å². The first kappa shape index (κ1) is 13.4. The summed E-state index contributed by atoms with van der Waals surface area (Å²) < 4.78 is 0. The molecule has 0 aromatic heterocycles. The molecule has 0 radical (unpaired) electrons. The number of anilines is 2. The smallest absolute Gasteiger partial charge is 0.255 e. The van der Waals surface area contributed by atoms with Gasteiger partial charge in [0.15, 0.2) is 0 Å². The Labute approximate surface area is 117 Å².